The van der Waals surface area contributed by atoms with Crippen LogP contribution in [0.15, 0.2) is 23.0 Å². The van der Waals surface area contributed by atoms with Crippen LogP contribution in [0.25, 0.3) is 10.9 Å². The smallest absolute Gasteiger partial charge is 0.262 e. The third-order valence-corrected chi connectivity index (χ3v) is 3.86. The van der Waals surface area contributed by atoms with Gasteiger partial charge in [0.1, 0.15) is 22.9 Å². The van der Waals surface area contributed by atoms with Crippen LogP contribution in [0.5, 0.6) is 5.75 Å². The molecule has 0 bridgehead atoms. The minimum absolute atomic E-state index is 0.0876. The molecule has 22 heavy (non-hydrogen) atoms. The number of hydrogen-bond acceptors (Lipinski definition) is 5. The lowest BCUT2D eigenvalue weighted by Crippen LogP contribution is -2.32. The van der Waals surface area contributed by atoms with Crippen molar-refractivity contribution >= 4 is 22.5 Å². The second-order valence-corrected chi connectivity index (χ2v) is 5.41. The fraction of sp³-hybridized carbons (Fsp3) is 0.375. The molecular weight excluding hydrogens is 284 g/mol. The standard InChI is InChI=1S/C16H16N2O4/c1-9-17-15-11(5-3-7-13(15)20)16(22)18(9)12-6-2-4-10(19)8-14(12)21/h3,5,7,12,20H,2,4,6,8H2,1H3/t12-/m1/s1/i12D. The first-order chi connectivity index (χ1) is 10.8. The number of carbonyl (C=O) groups excluding carboxylic acids is 2. The average molecular weight is 301 g/mol. The third-order valence-electron chi connectivity index (χ3n) is 3.86. The van der Waals surface area contributed by atoms with Crippen LogP contribution in [-0.2, 0) is 9.59 Å². The Morgan fingerprint density at radius 1 is 1.36 bits per heavy atom. The number of nitrogens with zero attached hydrogens (tertiary/aromatic N) is 2. The van der Waals surface area contributed by atoms with Gasteiger partial charge in [-0.05, 0) is 31.9 Å². The second-order valence-electron chi connectivity index (χ2n) is 5.41. The number of phenolic OH excluding ortho intramolecular Hbond substituents is 1. The number of phenols is 1. The number of benzene rings is 1. The largest absolute Gasteiger partial charge is 0.506 e. The van der Waals surface area contributed by atoms with E-state index in [9.17, 15) is 19.5 Å². The number of aromatic hydroxyl groups is 1. The van der Waals surface area contributed by atoms with Gasteiger partial charge in [-0.1, -0.05) is 6.07 Å². The predicted molar refractivity (Wildman–Crippen MR) is 79.9 cm³/mol. The van der Waals surface area contributed by atoms with Gasteiger partial charge in [-0.25, -0.2) is 4.98 Å². The Bertz CT molecular complexity index is 890. The van der Waals surface area contributed by atoms with E-state index in [4.69, 9.17) is 1.37 Å². The highest BCUT2D eigenvalue weighted by molar-refractivity contribution is 6.01. The molecule has 3 rings (SSSR count). The van der Waals surface area contributed by atoms with Crippen LogP contribution in [0.2, 0.25) is 0 Å². The number of ketones is 2. The van der Waals surface area contributed by atoms with Gasteiger partial charge in [-0.3, -0.25) is 19.0 Å². The van der Waals surface area contributed by atoms with Crippen LogP contribution < -0.4 is 5.56 Å². The fourth-order valence-corrected chi connectivity index (χ4v) is 2.82. The number of Topliss-reactive ketones (excluding diaryl/α,β-unsaturated/α-hetero) is 2. The van der Waals surface area contributed by atoms with E-state index in [0.29, 0.717) is 6.42 Å². The molecule has 1 aliphatic carbocycles. The van der Waals surface area contributed by atoms with Gasteiger partial charge < -0.3 is 5.11 Å². The number of para-hydroxylation sites is 1. The number of aromatic nitrogens is 2. The van der Waals surface area contributed by atoms with Crippen molar-refractivity contribution in [3.05, 3.63) is 34.4 Å². The average Bonchev–Trinajstić information content (AvgIpc) is 2.60. The molecule has 114 valence electrons. The molecule has 6 nitrogen and oxygen atoms in total. The van der Waals surface area contributed by atoms with Crippen LogP contribution in [-0.4, -0.2) is 26.2 Å². The Morgan fingerprint density at radius 2 is 2.14 bits per heavy atom. The van der Waals surface area contributed by atoms with Crippen molar-refractivity contribution in [3.63, 3.8) is 0 Å². The Morgan fingerprint density at radius 3 is 2.91 bits per heavy atom. The van der Waals surface area contributed by atoms with Gasteiger partial charge in [0.15, 0.2) is 5.78 Å². The van der Waals surface area contributed by atoms with E-state index in [-0.39, 0.29) is 47.5 Å². The van der Waals surface area contributed by atoms with Crippen LogP contribution >= 0.6 is 0 Å². The molecule has 1 aliphatic rings. The highest BCUT2D eigenvalue weighted by Gasteiger charge is 2.28. The number of aryl methyl sites for hydroxylation is 1. The molecule has 1 aromatic heterocycles. The van der Waals surface area contributed by atoms with E-state index in [1.165, 1.54) is 25.1 Å². The summed E-state index contributed by atoms with van der Waals surface area (Å²) >= 11 is 0. The lowest BCUT2D eigenvalue weighted by Gasteiger charge is -2.19. The van der Waals surface area contributed by atoms with Crippen molar-refractivity contribution < 1.29 is 16.1 Å². The van der Waals surface area contributed by atoms with E-state index in [2.05, 4.69) is 4.98 Å². The normalized spacial score (nSPS) is 23.4. The Hall–Kier alpha value is -2.50. The number of rotatable bonds is 1. The van der Waals surface area contributed by atoms with E-state index in [1.54, 1.807) is 0 Å². The minimum Gasteiger partial charge on any atom is -0.506 e. The van der Waals surface area contributed by atoms with Gasteiger partial charge >= 0.3 is 0 Å². The Kier molecular flexibility index (Phi) is 3.21. The molecule has 1 fully saturated rings. The first kappa shape index (κ1) is 13.2. The maximum atomic E-state index is 12.8. The molecule has 0 aliphatic heterocycles. The summed E-state index contributed by atoms with van der Waals surface area (Å²) in [6.45, 7) is 1.52. The second kappa shape index (κ2) is 5.36. The minimum atomic E-state index is -1.83. The lowest BCUT2D eigenvalue weighted by atomic mass is 10.1. The lowest BCUT2D eigenvalue weighted by molar-refractivity contribution is -0.127. The monoisotopic (exact) mass is 301 g/mol. The van der Waals surface area contributed by atoms with Crippen molar-refractivity contribution in [3.8, 4) is 5.75 Å². The number of fused-ring (bicyclic) bond motifs is 1. The molecule has 1 heterocycles. The molecule has 0 saturated heterocycles. The number of carbonyl (C=O) groups is 2. The van der Waals surface area contributed by atoms with Gasteiger partial charge in [-0.2, -0.15) is 0 Å². The molecule has 0 spiro atoms. The molecule has 6 heteroatoms. The van der Waals surface area contributed by atoms with Crippen molar-refractivity contribution in [1.29, 1.82) is 0 Å². The van der Waals surface area contributed by atoms with Gasteiger partial charge in [0.2, 0.25) is 0 Å². The zero-order valence-electron chi connectivity index (χ0n) is 13.1. The SMILES string of the molecule is [2H][C@@]1(n2c(C)nc3c(O)cccc3c2=O)CCCC(=O)CC1=O. The summed E-state index contributed by atoms with van der Waals surface area (Å²) < 4.78 is 9.62. The van der Waals surface area contributed by atoms with Gasteiger partial charge in [0.25, 0.3) is 5.56 Å². The van der Waals surface area contributed by atoms with Crippen LogP contribution in [0.3, 0.4) is 0 Å². The summed E-state index contributed by atoms with van der Waals surface area (Å²) in [6.07, 6.45) is 0.359. The molecule has 2 aromatic rings. The van der Waals surface area contributed by atoms with Crippen LogP contribution in [0, 0.1) is 6.92 Å². The molecule has 1 N–H and O–H groups in total. The summed E-state index contributed by atoms with van der Waals surface area (Å²) in [6, 6.07) is 2.59. The predicted octanol–water partition coefficient (Wildman–Crippen LogP) is 1.66. The summed E-state index contributed by atoms with van der Waals surface area (Å²) in [5.41, 5.74) is -0.409. The molecule has 0 unspecified atom stereocenters. The summed E-state index contributed by atoms with van der Waals surface area (Å²) in [5, 5.41) is 9.99. The van der Waals surface area contributed by atoms with Crippen molar-refractivity contribution in [2.75, 3.05) is 0 Å². The molecule has 1 aromatic carbocycles. The summed E-state index contributed by atoms with van der Waals surface area (Å²) in [7, 11) is 0. The van der Waals surface area contributed by atoms with Gasteiger partial charge in [0.05, 0.1) is 19.2 Å². The van der Waals surface area contributed by atoms with E-state index < -0.39 is 17.4 Å². The first-order valence-corrected chi connectivity index (χ1v) is 7.11. The highest BCUT2D eigenvalue weighted by atomic mass is 16.3. The molecule has 0 amide bonds. The van der Waals surface area contributed by atoms with Crippen molar-refractivity contribution in [2.24, 2.45) is 0 Å². The van der Waals surface area contributed by atoms with Gasteiger partial charge in [0, 0.05) is 6.42 Å². The quantitative estimate of drug-likeness (QED) is 0.639. The molecule has 1 saturated carbocycles. The fourth-order valence-electron chi connectivity index (χ4n) is 2.82. The maximum Gasteiger partial charge on any atom is 0.262 e. The summed E-state index contributed by atoms with van der Waals surface area (Å²) in [5.74, 6) is -0.759. The topological polar surface area (TPSA) is 89.3 Å². The number of hydrogen-bond donors (Lipinski definition) is 1. The summed E-state index contributed by atoms with van der Waals surface area (Å²) in [4.78, 5) is 41.0. The molecule has 1 atom stereocenters. The van der Waals surface area contributed by atoms with E-state index in [0.717, 1.165) is 4.57 Å². The zero-order chi connectivity index (χ0) is 16.8. The first-order valence-electron chi connectivity index (χ1n) is 7.61. The van der Waals surface area contributed by atoms with Crippen molar-refractivity contribution in [1.82, 2.24) is 9.55 Å². The third kappa shape index (κ3) is 2.30. The van der Waals surface area contributed by atoms with E-state index in [1.807, 2.05) is 0 Å². The maximum absolute atomic E-state index is 12.8. The molecule has 0 radical (unpaired) electrons. The zero-order valence-corrected chi connectivity index (χ0v) is 12.1. The van der Waals surface area contributed by atoms with E-state index >= 15 is 0 Å². The van der Waals surface area contributed by atoms with Crippen molar-refractivity contribution in [2.45, 2.75) is 38.6 Å². The molecular formula is C16H16N2O4. The van der Waals surface area contributed by atoms with Gasteiger partial charge in [-0.15, -0.1) is 0 Å². The Labute approximate surface area is 127 Å². The van der Waals surface area contributed by atoms with Crippen LogP contribution in [0.1, 0.15) is 38.9 Å². The highest BCUT2D eigenvalue weighted by Crippen LogP contribution is 2.25. The van der Waals surface area contributed by atoms with Crippen LogP contribution in [0.4, 0.5) is 0 Å². The Balaban J connectivity index is 2.29.